The molecule has 0 bridgehead atoms. The fourth-order valence-corrected chi connectivity index (χ4v) is 1.06. The topological polar surface area (TPSA) is 41.1 Å². The van der Waals surface area contributed by atoms with Crippen molar-refractivity contribution in [2.75, 3.05) is 11.9 Å². The van der Waals surface area contributed by atoms with Crippen molar-refractivity contribution in [2.24, 2.45) is 0 Å². The Bertz CT molecular complexity index is 382. The predicted molar refractivity (Wildman–Crippen MR) is 54.2 cm³/mol. The Morgan fingerprint density at radius 1 is 1.44 bits per heavy atom. The first-order chi connectivity index (χ1) is 7.49. The smallest absolute Gasteiger partial charge is 0.319 e. The Hall–Kier alpha value is -1.72. The first-order valence-electron chi connectivity index (χ1n) is 4.58. The van der Waals surface area contributed by atoms with Crippen LogP contribution >= 0.6 is 0 Å². The molecule has 1 aromatic rings. The van der Waals surface area contributed by atoms with E-state index in [-0.39, 0.29) is 5.69 Å². The number of hydrogen-bond acceptors (Lipinski definition) is 1. The van der Waals surface area contributed by atoms with Crippen LogP contribution in [0.25, 0.3) is 0 Å². The van der Waals surface area contributed by atoms with Crippen LogP contribution in [0.2, 0.25) is 0 Å². The number of urea groups is 1. The Kier molecular flexibility index (Phi) is 4.16. The Morgan fingerprint density at radius 3 is 2.69 bits per heavy atom. The van der Waals surface area contributed by atoms with Crippen molar-refractivity contribution >= 4 is 11.7 Å². The van der Waals surface area contributed by atoms with E-state index >= 15 is 0 Å². The molecule has 2 amide bonds. The summed E-state index contributed by atoms with van der Waals surface area (Å²) in [5.41, 5.74) is 0.661. The van der Waals surface area contributed by atoms with E-state index in [0.717, 1.165) is 0 Å². The lowest BCUT2D eigenvalue weighted by Crippen LogP contribution is -2.32. The molecule has 0 atom stereocenters. The normalized spacial score (nSPS) is 10.3. The van der Waals surface area contributed by atoms with Gasteiger partial charge >= 0.3 is 6.03 Å². The van der Waals surface area contributed by atoms with Gasteiger partial charge in [0.1, 0.15) is 5.82 Å². The van der Waals surface area contributed by atoms with Crippen molar-refractivity contribution in [2.45, 2.75) is 13.3 Å². The van der Waals surface area contributed by atoms with Crippen LogP contribution in [0, 0.1) is 12.7 Å². The van der Waals surface area contributed by atoms with Gasteiger partial charge in [-0.05, 0) is 24.6 Å². The van der Waals surface area contributed by atoms with Crippen molar-refractivity contribution < 1.29 is 18.0 Å². The fraction of sp³-hybridized carbons (Fsp3) is 0.300. The lowest BCUT2D eigenvalue weighted by atomic mass is 10.2. The number of nitrogens with one attached hydrogen (secondary N) is 2. The van der Waals surface area contributed by atoms with Gasteiger partial charge in [-0.15, -0.1) is 0 Å². The Morgan fingerprint density at radius 2 is 2.12 bits per heavy atom. The van der Waals surface area contributed by atoms with Crippen LogP contribution in [0.4, 0.5) is 23.7 Å². The van der Waals surface area contributed by atoms with Gasteiger partial charge in [-0.25, -0.2) is 18.0 Å². The van der Waals surface area contributed by atoms with Crippen LogP contribution in [0.3, 0.4) is 0 Å². The second kappa shape index (κ2) is 5.39. The molecule has 1 rings (SSSR count). The number of anilines is 1. The second-order valence-corrected chi connectivity index (χ2v) is 3.21. The van der Waals surface area contributed by atoms with Gasteiger partial charge in [-0.1, -0.05) is 6.07 Å². The third-order valence-electron chi connectivity index (χ3n) is 1.79. The van der Waals surface area contributed by atoms with Crippen molar-refractivity contribution in [3.05, 3.63) is 29.6 Å². The molecule has 0 saturated carbocycles. The van der Waals surface area contributed by atoms with Crippen LogP contribution in [0.1, 0.15) is 5.56 Å². The standard InChI is InChI=1S/C10H11F3N2O/c1-6-2-3-8(7(11)4-6)15-10(16)14-5-9(12)13/h2-4,9H,5H2,1H3,(H2,14,15,16). The molecule has 0 spiro atoms. The average molecular weight is 232 g/mol. The second-order valence-electron chi connectivity index (χ2n) is 3.21. The van der Waals surface area contributed by atoms with Gasteiger partial charge in [0.05, 0.1) is 12.2 Å². The molecule has 1 aromatic carbocycles. The van der Waals surface area contributed by atoms with Crippen molar-refractivity contribution in [3.8, 4) is 0 Å². The van der Waals surface area contributed by atoms with Gasteiger partial charge in [-0.2, -0.15) is 0 Å². The highest BCUT2D eigenvalue weighted by molar-refractivity contribution is 5.89. The van der Waals surface area contributed by atoms with Crippen molar-refractivity contribution in [1.29, 1.82) is 0 Å². The molecule has 0 aromatic heterocycles. The molecule has 0 aliphatic carbocycles. The maximum atomic E-state index is 13.2. The first kappa shape index (κ1) is 12.4. The highest BCUT2D eigenvalue weighted by Gasteiger charge is 2.08. The summed E-state index contributed by atoms with van der Waals surface area (Å²) >= 11 is 0. The van der Waals surface area contributed by atoms with Gasteiger partial charge < -0.3 is 10.6 Å². The molecule has 0 radical (unpaired) electrons. The van der Waals surface area contributed by atoms with Gasteiger partial charge in [0.15, 0.2) is 0 Å². The number of hydrogen-bond donors (Lipinski definition) is 2. The molecule has 3 nitrogen and oxygen atoms in total. The summed E-state index contributed by atoms with van der Waals surface area (Å²) in [5, 5.41) is 4.04. The van der Waals surface area contributed by atoms with E-state index in [1.807, 2.05) is 5.32 Å². The molecule has 0 fully saturated rings. The summed E-state index contributed by atoms with van der Waals surface area (Å²) in [7, 11) is 0. The molecule has 88 valence electrons. The van der Waals surface area contributed by atoms with Gasteiger partial charge in [0.25, 0.3) is 6.43 Å². The number of rotatable bonds is 3. The van der Waals surface area contributed by atoms with Crippen LogP contribution in [-0.2, 0) is 0 Å². The maximum absolute atomic E-state index is 13.2. The Labute approximate surface area is 90.6 Å². The first-order valence-corrected chi connectivity index (χ1v) is 4.58. The summed E-state index contributed by atoms with van der Waals surface area (Å²) in [4.78, 5) is 11.0. The van der Waals surface area contributed by atoms with E-state index < -0.39 is 24.8 Å². The summed E-state index contributed by atoms with van der Waals surface area (Å²) in [6.45, 7) is 0.934. The summed E-state index contributed by atoms with van der Waals surface area (Å²) in [6.07, 6.45) is -2.63. The fourth-order valence-electron chi connectivity index (χ4n) is 1.06. The molecule has 16 heavy (non-hydrogen) atoms. The minimum Gasteiger partial charge on any atom is -0.332 e. The van der Waals surface area contributed by atoms with Crippen molar-refractivity contribution in [1.82, 2.24) is 5.32 Å². The summed E-state index contributed by atoms with van der Waals surface area (Å²) in [6, 6.07) is 3.35. The highest BCUT2D eigenvalue weighted by atomic mass is 19.3. The van der Waals surface area contributed by atoms with Crippen LogP contribution in [0.5, 0.6) is 0 Å². The number of carbonyl (C=O) groups is 1. The molecule has 0 aliphatic rings. The molecule has 0 saturated heterocycles. The van der Waals surface area contributed by atoms with Gasteiger partial charge in [-0.3, -0.25) is 0 Å². The average Bonchev–Trinajstić information content (AvgIpc) is 2.19. The maximum Gasteiger partial charge on any atom is 0.319 e. The molecule has 6 heteroatoms. The zero-order valence-electron chi connectivity index (χ0n) is 8.56. The van der Waals surface area contributed by atoms with Crippen LogP contribution < -0.4 is 10.6 Å². The number of halogens is 3. The molecule has 0 aliphatic heterocycles. The largest absolute Gasteiger partial charge is 0.332 e. The number of aryl methyl sites for hydroxylation is 1. The number of benzene rings is 1. The van der Waals surface area contributed by atoms with Crippen LogP contribution in [-0.4, -0.2) is 19.0 Å². The minimum absolute atomic E-state index is 0.0441. The van der Waals surface area contributed by atoms with E-state index in [1.165, 1.54) is 12.1 Å². The predicted octanol–water partition coefficient (Wildman–Crippen LogP) is 2.52. The van der Waals surface area contributed by atoms with E-state index in [1.54, 1.807) is 13.0 Å². The van der Waals surface area contributed by atoms with E-state index in [9.17, 15) is 18.0 Å². The molecular weight excluding hydrogens is 221 g/mol. The molecule has 0 unspecified atom stereocenters. The van der Waals surface area contributed by atoms with E-state index in [4.69, 9.17) is 0 Å². The van der Waals surface area contributed by atoms with E-state index in [0.29, 0.717) is 5.56 Å². The van der Waals surface area contributed by atoms with Crippen LogP contribution in [0.15, 0.2) is 18.2 Å². The quantitative estimate of drug-likeness (QED) is 0.826. The SMILES string of the molecule is Cc1ccc(NC(=O)NCC(F)F)c(F)c1. The zero-order chi connectivity index (χ0) is 12.1. The number of carbonyl (C=O) groups excluding carboxylic acids is 1. The minimum atomic E-state index is -2.63. The summed E-state index contributed by atoms with van der Waals surface area (Å²) < 4.78 is 36.7. The molecule has 0 heterocycles. The number of alkyl halides is 2. The summed E-state index contributed by atoms with van der Waals surface area (Å²) in [5.74, 6) is -0.604. The third kappa shape index (κ3) is 3.80. The van der Waals surface area contributed by atoms with E-state index in [2.05, 4.69) is 5.32 Å². The number of amides is 2. The van der Waals surface area contributed by atoms with Gasteiger partial charge in [0.2, 0.25) is 0 Å². The Balaban J connectivity index is 2.56. The third-order valence-corrected chi connectivity index (χ3v) is 1.79. The molecular formula is C10H11F3N2O. The van der Waals surface area contributed by atoms with Gasteiger partial charge in [0, 0.05) is 0 Å². The lowest BCUT2D eigenvalue weighted by Gasteiger charge is -2.08. The lowest BCUT2D eigenvalue weighted by molar-refractivity contribution is 0.148. The highest BCUT2D eigenvalue weighted by Crippen LogP contribution is 2.14. The van der Waals surface area contributed by atoms with Crippen molar-refractivity contribution in [3.63, 3.8) is 0 Å². The molecule has 2 N–H and O–H groups in total. The monoisotopic (exact) mass is 232 g/mol. The zero-order valence-corrected chi connectivity index (χ0v) is 8.56.